The lowest BCUT2D eigenvalue weighted by Gasteiger charge is -2.53. The first-order chi connectivity index (χ1) is 34.6. The van der Waals surface area contributed by atoms with Crippen LogP contribution in [0.2, 0.25) is 10.1 Å². The summed E-state index contributed by atoms with van der Waals surface area (Å²) in [7, 11) is -5.36. The summed E-state index contributed by atoms with van der Waals surface area (Å²) >= 11 is 6.61. The van der Waals surface area contributed by atoms with Crippen molar-refractivity contribution in [2.45, 2.75) is 119 Å². The third-order valence-corrected chi connectivity index (χ3v) is 25.1. The number of allylic oxidation sites excluding steroid dienone is 1. The first kappa shape index (κ1) is 51.5. The zero-order valence-corrected chi connectivity index (χ0v) is 45.9. The number of fused-ring (bicyclic) bond motifs is 5. The lowest BCUT2D eigenvalue weighted by Crippen LogP contribution is -2.66. The molecule has 4 aromatic rings. The number of piperazine rings is 1. The summed E-state index contributed by atoms with van der Waals surface area (Å²) in [6, 6.07) is 33.3. The van der Waals surface area contributed by atoms with Crippen LogP contribution in [0.1, 0.15) is 107 Å². The predicted octanol–water partition coefficient (Wildman–Crippen LogP) is 9.39. The van der Waals surface area contributed by atoms with E-state index >= 15 is 8.42 Å². The minimum Gasteiger partial charge on any atom is -0.490 e. The van der Waals surface area contributed by atoms with Crippen molar-refractivity contribution in [3.05, 3.63) is 131 Å². The number of benzene rings is 4. The number of methoxy groups -OCH3 is 1. The van der Waals surface area contributed by atoms with Gasteiger partial charge in [0.1, 0.15) is 11.4 Å². The van der Waals surface area contributed by atoms with E-state index < -0.39 is 35.1 Å². The van der Waals surface area contributed by atoms with Gasteiger partial charge in [-0.3, -0.25) is 14.6 Å². The molecule has 2 saturated heterocycles. The van der Waals surface area contributed by atoms with Crippen molar-refractivity contribution in [1.29, 1.82) is 0 Å². The molecule has 72 heavy (non-hydrogen) atoms. The highest BCUT2D eigenvalue weighted by atomic mass is 35.5. The number of halogens is 1. The van der Waals surface area contributed by atoms with Crippen LogP contribution in [0.15, 0.2) is 109 Å². The van der Waals surface area contributed by atoms with Crippen LogP contribution in [0.4, 0.5) is 5.69 Å². The summed E-state index contributed by atoms with van der Waals surface area (Å²) in [5.74, 6) is 0.231. The highest BCUT2D eigenvalue weighted by Crippen LogP contribution is 2.50. The van der Waals surface area contributed by atoms with Crippen LogP contribution in [-0.4, -0.2) is 115 Å². The number of hydrogen-bond acceptors (Lipinski definition) is 9. The third kappa shape index (κ3) is 9.99. The summed E-state index contributed by atoms with van der Waals surface area (Å²) in [4.78, 5) is 22.4. The van der Waals surface area contributed by atoms with E-state index in [9.17, 15) is 4.79 Å². The van der Waals surface area contributed by atoms with Gasteiger partial charge in [0, 0.05) is 75.0 Å². The molecule has 6 aliphatic rings. The van der Waals surface area contributed by atoms with Gasteiger partial charge in [0.05, 0.1) is 17.5 Å². The van der Waals surface area contributed by atoms with Crippen molar-refractivity contribution < 1.29 is 27.1 Å². The number of nitrogens with one attached hydrogen (secondary N) is 1. The van der Waals surface area contributed by atoms with E-state index in [4.69, 9.17) is 25.5 Å². The molecule has 0 aromatic heterocycles. The minimum atomic E-state index is -4.26. The van der Waals surface area contributed by atoms with E-state index in [1.807, 2.05) is 44.4 Å². The van der Waals surface area contributed by atoms with Crippen LogP contribution in [0, 0.1) is 17.8 Å². The summed E-state index contributed by atoms with van der Waals surface area (Å²) in [6.45, 7) is 15.9. The molecule has 10 nitrogen and oxygen atoms in total. The van der Waals surface area contributed by atoms with Gasteiger partial charge < -0.3 is 18.8 Å². The highest BCUT2D eigenvalue weighted by Gasteiger charge is 2.52. The molecule has 4 heterocycles. The van der Waals surface area contributed by atoms with E-state index in [0.717, 1.165) is 85.9 Å². The number of carbonyl (C=O) groups is 1. The maximum Gasteiger partial charge on any atom is 0.264 e. The molecule has 0 radical (unpaired) electrons. The molecular weight excluding hydrogens is 956 g/mol. The van der Waals surface area contributed by atoms with E-state index in [-0.39, 0.29) is 40.9 Å². The van der Waals surface area contributed by atoms with E-state index in [0.29, 0.717) is 37.3 Å². The van der Waals surface area contributed by atoms with Crippen molar-refractivity contribution in [2.24, 2.45) is 17.8 Å². The van der Waals surface area contributed by atoms with Crippen LogP contribution in [0.25, 0.3) is 0 Å². The second kappa shape index (κ2) is 21.0. The molecule has 386 valence electrons. The van der Waals surface area contributed by atoms with Gasteiger partial charge in [-0.25, -0.2) is 13.1 Å². The molecule has 2 aliphatic carbocycles. The Hall–Kier alpha value is -4.01. The quantitative estimate of drug-likeness (QED) is 0.130. The number of sulfonamides is 1. The Morgan fingerprint density at radius 1 is 0.889 bits per heavy atom. The summed E-state index contributed by atoms with van der Waals surface area (Å²) < 4.78 is 53.9. The largest absolute Gasteiger partial charge is 0.490 e. The van der Waals surface area contributed by atoms with Gasteiger partial charge in [-0.05, 0) is 139 Å². The molecule has 13 heteroatoms. The fourth-order valence-electron chi connectivity index (χ4n) is 14.0. The SMILES string of the molecule is CO[C@]1(CN2CCN3CCCC[C@@H]3C2)/C=C\C[C@H](C)[C@@H](CCO[Si](c2ccccc2)(c2ccccc2)C(C)(C)C)S(=O)(=O)NC(=O)c2ccc3c(c2)N(C[C@@H]2CC[C@H]21)C[C@@]1(CCCc2cc(Cl)ccc21)CO3. The maximum absolute atomic E-state index is 15.1. The molecule has 3 fully saturated rings. The number of nitrogens with zero attached hydrogens (tertiary/aromatic N) is 3. The fraction of sp³-hybridized carbons (Fsp3) is 0.542. The number of piperidine rings is 1. The summed E-state index contributed by atoms with van der Waals surface area (Å²) in [5.41, 5.74) is 2.77. The Labute approximate surface area is 436 Å². The second-order valence-electron chi connectivity index (χ2n) is 23.2. The van der Waals surface area contributed by atoms with Crippen molar-refractivity contribution >= 4 is 51.9 Å². The first-order valence-electron chi connectivity index (χ1n) is 26.9. The molecule has 0 unspecified atom stereocenters. The van der Waals surface area contributed by atoms with Crippen LogP contribution in [-0.2, 0) is 31.0 Å². The van der Waals surface area contributed by atoms with Crippen LogP contribution < -0.4 is 24.7 Å². The minimum absolute atomic E-state index is 0.197. The first-order valence-corrected chi connectivity index (χ1v) is 30.8. The summed E-state index contributed by atoms with van der Waals surface area (Å²) in [6.07, 6.45) is 14.1. The molecular formula is C59H77ClN4O6SSi. The topological polar surface area (TPSA) is 101 Å². The number of carbonyl (C=O) groups excluding carboxylic acids is 1. The Bertz CT molecular complexity index is 2660. The van der Waals surface area contributed by atoms with E-state index in [1.54, 1.807) is 6.07 Å². The molecule has 4 aromatic carbocycles. The van der Waals surface area contributed by atoms with Gasteiger partial charge in [0.2, 0.25) is 10.0 Å². The normalized spacial score (nSPS) is 29.6. The van der Waals surface area contributed by atoms with Gasteiger partial charge in [0.25, 0.3) is 14.2 Å². The number of ether oxygens (including phenoxy) is 2. The Kier molecular flexibility index (Phi) is 15.0. The average molecular weight is 1030 g/mol. The Morgan fingerprint density at radius 3 is 2.36 bits per heavy atom. The fourth-order valence-corrected chi connectivity index (χ4v) is 20.4. The zero-order valence-electron chi connectivity index (χ0n) is 43.3. The number of amides is 1. The molecule has 2 bridgehead atoms. The van der Waals surface area contributed by atoms with Crippen LogP contribution in [0.5, 0.6) is 5.75 Å². The Morgan fingerprint density at radius 2 is 1.65 bits per heavy atom. The molecule has 1 saturated carbocycles. The number of aryl methyl sites for hydroxylation is 1. The monoisotopic (exact) mass is 1030 g/mol. The second-order valence-corrected chi connectivity index (χ2v) is 29.9. The van der Waals surface area contributed by atoms with Crippen molar-refractivity contribution in [1.82, 2.24) is 14.5 Å². The maximum atomic E-state index is 15.1. The third-order valence-electron chi connectivity index (χ3n) is 17.9. The predicted molar refractivity (Wildman–Crippen MR) is 293 cm³/mol. The van der Waals surface area contributed by atoms with Crippen molar-refractivity contribution in [3.63, 3.8) is 0 Å². The van der Waals surface area contributed by atoms with Gasteiger partial charge in [0.15, 0.2) is 0 Å². The lowest BCUT2D eigenvalue weighted by molar-refractivity contribution is -0.100. The molecule has 1 N–H and O–H groups in total. The summed E-state index contributed by atoms with van der Waals surface area (Å²) in [5, 5.41) is 1.78. The lowest BCUT2D eigenvalue weighted by atomic mass is 9.63. The standard InChI is InChI=1S/C59H77ClN4O6SSi/c1-43-16-14-31-59(68-5,41-62-33-34-63-32-13-12-18-48(63)39-62)52-26-23-46(52)38-64-40-58(30-15-17-44-36-47(60)25-27-51(44)58)42-69-54-28-24-45(37-53(54)64)56(65)61-71(66,67)55(43)29-35-70-72(57(2,3)4,49-19-8-6-9-20-49)50-21-10-7-11-22-50/h6-11,14,19-22,24-25,27-28,31,36-37,43,46,48,52,55H,12-13,15-18,23,26,29-30,32-35,38-42H2,1-5H3,(H,61,65)/b31-14-/t43-,46-,48+,52+,55+,58-,59-/m0/s1. The van der Waals surface area contributed by atoms with Crippen molar-refractivity contribution in [2.75, 3.05) is 71.0 Å². The van der Waals surface area contributed by atoms with Crippen LogP contribution in [0.3, 0.4) is 0 Å². The van der Waals surface area contributed by atoms with Gasteiger partial charge in [-0.2, -0.15) is 0 Å². The molecule has 1 spiro atoms. The smallest absolute Gasteiger partial charge is 0.264 e. The number of rotatable bonds is 9. The zero-order chi connectivity index (χ0) is 50.3. The number of anilines is 1. The van der Waals surface area contributed by atoms with Crippen LogP contribution >= 0.6 is 11.6 Å². The van der Waals surface area contributed by atoms with E-state index in [1.165, 1.54) is 36.9 Å². The molecule has 4 aliphatic heterocycles. The highest BCUT2D eigenvalue weighted by molar-refractivity contribution is 7.90. The van der Waals surface area contributed by atoms with E-state index in [2.05, 4.69) is 113 Å². The molecule has 1 amide bonds. The van der Waals surface area contributed by atoms with Crippen molar-refractivity contribution in [3.8, 4) is 5.75 Å². The molecule has 7 atom stereocenters. The van der Waals surface area contributed by atoms with Gasteiger partial charge >= 0.3 is 0 Å². The average Bonchev–Trinajstić information content (AvgIpc) is 3.51. The van der Waals surface area contributed by atoms with Gasteiger partial charge in [-0.1, -0.05) is 125 Å². The Balaban J connectivity index is 1.03. The molecule has 10 rings (SSSR count). The van der Waals surface area contributed by atoms with Gasteiger partial charge in [-0.15, -0.1) is 0 Å². The number of hydrogen-bond donors (Lipinski definition) is 1.